The standard InChI is InChI=1S/C40H42ClN9O4/c41-31-11-2-1-6-28(31)23-49-33(24-50-39-36(38(42)43-25-44-39)37(46-50)27-9-3-10-30(51)22-27)45-32-12-4-7-26(35(32)40(49)53)8-5-13-34(52)48-16-14-29(15-17-48)47-18-20-54-21-19-47/h1-4,6-7,9-12,22,25,29,51H,5,8,13-21,23-24H2,(H2,42,43,44). The number of nitrogens with two attached hydrogens (primary N) is 1. The quantitative estimate of drug-likeness (QED) is 0.198. The maximum atomic E-state index is 14.7. The molecule has 3 aromatic carbocycles. The van der Waals surface area contributed by atoms with E-state index in [2.05, 4.69) is 14.9 Å². The van der Waals surface area contributed by atoms with Gasteiger partial charge in [0.15, 0.2) is 5.65 Å². The molecule has 3 N–H and O–H groups in total. The summed E-state index contributed by atoms with van der Waals surface area (Å²) in [6.45, 7) is 5.30. The van der Waals surface area contributed by atoms with Gasteiger partial charge in [0, 0.05) is 49.2 Å². The number of likely N-dealkylation sites (tertiary alicyclic amines) is 1. The summed E-state index contributed by atoms with van der Waals surface area (Å²) in [4.78, 5) is 46.2. The van der Waals surface area contributed by atoms with Crippen LogP contribution < -0.4 is 11.3 Å². The third-order valence-electron chi connectivity index (χ3n) is 10.6. The van der Waals surface area contributed by atoms with Gasteiger partial charge in [-0.2, -0.15) is 5.10 Å². The molecular weight excluding hydrogens is 706 g/mol. The molecule has 3 aromatic heterocycles. The highest BCUT2D eigenvalue weighted by molar-refractivity contribution is 6.31. The molecule has 2 aliphatic rings. The largest absolute Gasteiger partial charge is 0.508 e. The highest BCUT2D eigenvalue weighted by atomic mass is 35.5. The van der Waals surface area contributed by atoms with E-state index in [4.69, 9.17) is 32.2 Å². The Balaban J connectivity index is 1.08. The molecule has 1 amide bonds. The Hall–Kier alpha value is -5.37. The Morgan fingerprint density at radius 2 is 1.70 bits per heavy atom. The van der Waals surface area contributed by atoms with Crippen molar-refractivity contribution in [3.05, 3.63) is 105 Å². The van der Waals surface area contributed by atoms with Crippen molar-refractivity contribution in [1.29, 1.82) is 0 Å². The second-order valence-corrected chi connectivity index (χ2v) is 14.4. The molecular formula is C40H42ClN9O4. The van der Waals surface area contributed by atoms with Crippen LogP contribution in [0.2, 0.25) is 5.02 Å². The minimum Gasteiger partial charge on any atom is -0.508 e. The molecule has 0 atom stereocenters. The van der Waals surface area contributed by atoms with Gasteiger partial charge in [-0.15, -0.1) is 0 Å². The number of fused-ring (bicyclic) bond motifs is 2. The molecule has 0 aliphatic carbocycles. The molecule has 2 saturated heterocycles. The average molecular weight is 748 g/mol. The van der Waals surface area contributed by atoms with E-state index >= 15 is 0 Å². The number of morpholine rings is 1. The van der Waals surface area contributed by atoms with Crippen molar-refractivity contribution in [1.82, 2.24) is 39.1 Å². The Morgan fingerprint density at radius 3 is 2.50 bits per heavy atom. The van der Waals surface area contributed by atoms with Crippen molar-refractivity contribution in [2.75, 3.05) is 45.1 Å². The number of hydrogen-bond donors (Lipinski definition) is 2. The summed E-state index contributed by atoms with van der Waals surface area (Å²) in [5, 5.41) is 16.7. The third kappa shape index (κ3) is 7.26. The number of phenolic OH excluding ortho intramolecular Hbond substituents is 1. The number of amides is 1. The predicted molar refractivity (Wildman–Crippen MR) is 207 cm³/mol. The lowest BCUT2D eigenvalue weighted by Crippen LogP contribution is -2.50. The third-order valence-corrected chi connectivity index (χ3v) is 11.0. The molecule has 0 saturated carbocycles. The van der Waals surface area contributed by atoms with E-state index in [-0.39, 0.29) is 36.1 Å². The average Bonchev–Trinajstić information content (AvgIpc) is 3.56. The number of rotatable bonds is 10. The Kier molecular flexibility index (Phi) is 10.3. The van der Waals surface area contributed by atoms with Crippen molar-refractivity contribution < 1.29 is 14.6 Å². The lowest BCUT2D eigenvalue weighted by atomic mass is 10.0. The zero-order valence-corrected chi connectivity index (χ0v) is 30.7. The fourth-order valence-electron chi connectivity index (χ4n) is 7.81. The van der Waals surface area contributed by atoms with Crippen LogP contribution in [0.1, 0.15) is 42.6 Å². The number of phenols is 1. The zero-order valence-electron chi connectivity index (χ0n) is 29.9. The Labute approximate surface area is 317 Å². The predicted octanol–water partition coefficient (Wildman–Crippen LogP) is 4.89. The summed E-state index contributed by atoms with van der Waals surface area (Å²) in [7, 11) is 0. The monoisotopic (exact) mass is 747 g/mol. The second-order valence-electron chi connectivity index (χ2n) is 13.9. The molecule has 0 bridgehead atoms. The van der Waals surface area contributed by atoms with E-state index in [0.717, 1.165) is 63.4 Å². The van der Waals surface area contributed by atoms with Crippen LogP contribution in [-0.4, -0.2) is 95.5 Å². The highest BCUT2D eigenvalue weighted by Crippen LogP contribution is 2.32. The van der Waals surface area contributed by atoms with Crippen LogP contribution in [0.5, 0.6) is 5.75 Å². The molecule has 54 heavy (non-hydrogen) atoms. The summed E-state index contributed by atoms with van der Waals surface area (Å²) in [6, 6.07) is 20.4. The van der Waals surface area contributed by atoms with Gasteiger partial charge in [-0.3, -0.25) is 19.1 Å². The molecule has 278 valence electrons. The van der Waals surface area contributed by atoms with Crippen LogP contribution in [-0.2, 0) is 29.0 Å². The summed E-state index contributed by atoms with van der Waals surface area (Å²) in [5.74, 6) is 0.933. The number of carbonyl (C=O) groups excluding carboxylic acids is 1. The van der Waals surface area contributed by atoms with Crippen molar-refractivity contribution >= 4 is 45.3 Å². The summed E-state index contributed by atoms with van der Waals surface area (Å²) >= 11 is 6.63. The first-order chi connectivity index (χ1) is 26.3. The number of aromatic hydroxyl groups is 1. The number of benzene rings is 3. The lowest BCUT2D eigenvalue weighted by Gasteiger charge is -2.40. The number of halogens is 1. The first-order valence-corrected chi connectivity index (χ1v) is 18.8. The number of carbonyl (C=O) groups is 1. The van der Waals surface area contributed by atoms with E-state index in [1.165, 1.54) is 6.33 Å². The lowest BCUT2D eigenvalue weighted by molar-refractivity contribution is -0.133. The molecule has 0 spiro atoms. The number of aryl methyl sites for hydroxylation is 1. The molecule has 8 rings (SSSR count). The van der Waals surface area contributed by atoms with Crippen LogP contribution in [0.4, 0.5) is 5.82 Å². The second kappa shape index (κ2) is 15.5. The molecule has 2 aliphatic heterocycles. The van der Waals surface area contributed by atoms with E-state index in [1.54, 1.807) is 33.5 Å². The highest BCUT2D eigenvalue weighted by Gasteiger charge is 2.28. The van der Waals surface area contributed by atoms with E-state index < -0.39 is 0 Å². The van der Waals surface area contributed by atoms with Crippen molar-refractivity contribution in [2.24, 2.45) is 0 Å². The molecule has 0 unspecified atom stereocenters. The molecule has 14 heteroatoms. The van der Waals surface area contributed by atoms with Gasteiger partial charge >= 0.3 is 0 Å². The van der Waals surface area contributed by atoms with Crippen molar-refractivity contribution in [3.63, 3.8) is 0 Å². The summed E-state index contributed by atoms with van der Waals surface area (Å²) in [5.41, 5.74) is 9.91. The van der Waals surface area contributed by atoms with E-state index in [9.17, 15) is 14.7 Å². The maximum absolute atomic E-state index is 14.7. The van der Waals surface area contributed by atoms with Gasteiger partial charge in [-0.05, 0) is 61.1 Å². The van der Waals surface area contributed by atoms with Gasteiger partial charge in [0.1, 0.15) is 36.0 Å². The Bertz CT molecular complexity index is 2380. The van der Waals surface area contributed by atoms with Gasteiger partial charge in [0.2, 0.25) is 5.91 Å². The van der Waals surface area contributed by atoms with Crippen LogP contribution >= 0.6 is 11.6 Å². The number of nitrogens with zero attached hydrogens (tertiary/aromatic N) is 8. The Morgan fingerprint density at radius 1 is 0.926 bits per heavy atom. The van der Waals surface area contributed by atoms with Crippen LogP contribution in [0.15, 0.2) is 77.9 Å². The van der Waals surface area contributed by atoms with Crippen molar-refractivity contribution in [3.8, 4) is 17.0 Å². The van der Waals surface area contributed by atoms with Gasteiger partial charge < -0.3 is 20.5 Å². The summed E-state index contributed by atoms with van der Waals surface area (Å²) < 4.78 is 8.81. The fourth-order valence-corrected chi connectivity index (χ4v) is 8.00. The molecule has 6 aromatic rings. The number of hydrogen-bond acceptors (Lipinski definition) is 10. The van der Waals surface area contributed by atoms with Gasteiger partial charge in [0.25, 0.3) is 5.56 Å². The molecule has 0 radical (unpaired) electrons. The van der Waals surface area contributed by atoms with Crippen LogP contribution in [0.25, 0.3) is 33.2 Å². The van der Waals surface area contributed by atoms with Crippen LogP contribution in [0.3, 0.4) is 0 Å². The van der Waals surface area contributed by atoms with Gasteiger partial charge in [-0.25, -0.2) is 19.6 Å². The van der Waals surface area contributed by atoms with E-state index in [0.29, 0.717) is 69.3 Å². The number of ether oxygens (including phenoxy) is 1. The van der Waals surface area contributed by atoms with Crippen LogP contribution in [0, 0.1) is 0 Å². The number of aromatic nitrogens is 6. The zero-order chi connectivity index (χ0) is 37.2. The summed E-state index contributed by atoms with van der Waals surface area (Å²) in [6.07, 6.45) is 4.93. The van der Waals surface area contributed by atoms with E-state index in [1.807, 2.05) is 47.4 Å². The topological polar surface area (TPSA) is 158 Å². The van der Waals surface area contributed by atoms with Gasteiger partial charge in [-0.1, -0.05) is 54.1 Å². The molecule has 13 nitrogen and oxygen atoms in total. The van der Waals surface area contributed by atoms with Crippen molar-refractivity contribution in [2.45, 2.75) is 51.2 Å². The molecule has 2 fully saturated rings. The minimum atomic E-state index is -0.208. The number of piperidine rings is 1. The first-order valence-electron chi connectivity index (χ1n) is 18.4. The minimum absolute atomic E-state index is 0.0830. The number of nitrogen functional groups attached to an aromatic ring is 1. The molecule has 5 heterocycles. The normalized spacial score (nSPS) is 15.7. The van der Waals surface area contributed by atoms with Gasteiger partial charge in [0.05, 0.1) is 36.0 Å². The fraction of sp³-hybridized carbons (Fsp3) is 0.350. The maximum Gasteiger partial charge on any atom is 0.262 e. The number of anilines is 1. The first kappa shape index (κ1) is 35.6. The SMILES string of the molecule is Nc1ncnc2c1c(-c1cccc(O)c1)nn2Cc1nc2cccc(CCCC(=O)N3CCC(N4CCOCC4)CC3)c2c(=O)n1Cc1ccccc1Cl. The smallest absolute Gasteiger partial charge is 0.262 e.